The van der Waals surface area contributed by atoms with Gasteiger partial charge in [0.15, 0.2) is 0 Å². The van der Waals surface area contributed by atoms with Crippen molar-refractivity contribution in [2.24, 2.45) is 5.92 Å². The third-order valence-electron chi connectivity index (χ3n) is 5.10. The molecule has 0 bridgehead atoms. The molecule has 3 rings (SSSR count). The zero-order valence-electron chi connectivity index (χ0n) is 14.8. The van der Waals surface area contributed by atoms with Crippen LogP contribution in [0.1, 0.15) is 48.5 Å². The number of hydrogen-bond acceptors (Lipinski definition) is 3. The molecule has 2 aromatic carbocycles. The molecule has 3 nitrogen and oxygen atoms in total. The van der Waals surface area contributed by atoms with Gasteiger partial charge < -0.3 is 10.1 Å². The number of carbonyl (C=O) groups excluding carboxylic acids is 1. The molecule has 26 heavy (non-hydrogen) atoms. The van der Waals surface area contributed by atoms with Gasteiger partial charge in [0.1, 0.15) is 0 Å². The maximum atomic E-state index is 13.8. The molecule has 1 aliphatic rings. The number of alkyl halides is 3. The number of rotatable bonds is 3. The predicted molar refractivity (Wildman–Crippen MR) is 95.3 cm³/mol. The Balaban J connectivity index is 2.02. The maximum absolute atomic E-state index is 13.8. The minimum Gasteiger partial charge on any atom is -0.465 e. The fourth-order valence-corrected chi connectivity index (χ4v) is 3.62. The van der Waals surface area contributed by atoms with Crippen molar-refractivity contribution in [3.05, 3.63) is 41.5 Å². The van der Waals surface area contributed by atoms with Gasteiger partial charge in [-0.25, -0.2) is 4.79 Å². The lowest BCUT2D eigenvalue weighted by Gasteiger charge is -2.29. The lowest BCUT2D eigenvalue weighted by atomic mass is 9.87. The normalized spacial score (nSPS) is 20.8. The molecule has 0 saturated heterocycles. The molecule has 0 radical (unpaired) electrons. The Morgan fingerprint density at radius 2 is 1.81 bits per heavy atom. The van der Waals surface area contributed by atoms with Crippen LogP contribution in [-0.4, -0.2) is 19.1 Å². The molecular weight excluding hydrogens is 343 g/mol. The Hall–Kier alpha value is -2.24. The number of anilines is 1. The van der Waals surface area contributed by atoms with E-state index >= 15 is 0 Å². The number of fused-ring (bicyclic) bond motifs is 1. The van der Waals surface area contributed by atoms with Crippen molar-refractivity contribution in [3.8, 4) is 0 Å². The van der Waals surface area contributed by atoms with Crippen molar-refractivity contribution in [1.82, 2.24) is 0 Å². The van der Waals surface area contributed by atoms with E-state index < -0.39 is 17.7 Å². The Bertz CT molecular complexity index is 809. The molecule has 0 amide bonds. The topological polar surface area (TPSA) is 38.3 Å². The van der Waals surface area contributed by atoms with Crippen LogP contribution in [0.4, 0.5) is 18.9 Å². The van der Waals surface area contributed by atoms with Crippen LogP contribution < -0.4 is 5.32 Å². The highest BCUT2D eigenvalue weighted by molar-refractivity contribution is 5.98. The molecule has 0 atom stereocenters. The number of carbonyl (C=O) groups is 1. The first-order valence-electron chi connectivity index (χ1n) is 8.78. The molecule has 0 aromatic heterocycles. The summed E-state index contributed by atoms with van der Waals surface area (Å²) in [7, 11) is 1.24. The van der Waals surface area contributed by atoms with Crippen molar-refractivity contribution < 1.29 is 22.7 Å². The van der Waals surface area contributed by atoms with E-state index in [1.165, 1.54) is 31.4 Å². The summed E-state index contributed by atoms with van der Waals surface area (Å²) < 4.78 is 46.0. The summed E-state index contributed by atoms with van der Waals surface area (Å²) in [5, 5.41) is 3.55. The molecule has 0 heterocycles. The number of benzene rings is 2. The van der Waals surface area contributed by atoms with Crippen LogP contribution in [0.5, 0.6) is 0 Å². The average Bonchev–Trinajstić information content (AvgIpc) is 2.61. The lowest BCUT2D eigenvalue weighted by Crippen LogP contribution is -2.26. The summed E-state index contributed by atoms with van der Waals surface area (Å²) in [5.74, 6) is 0.0578. The maximum Gasteiger partial charge on any atom is 0.418 e. The summed E-state index contributed by atoms with van der Waals surface area (Å²) in [5.41, 5.74) is -0.337. The molecule has 140 valence electrons. The van der Waals surface area contributed by atoms with Crippen molar-refractivity contribution in [3.63, 3.8) is 0 Å². The second-order valence-corrected chi connectivity index (χ2v) is 7.01. The number of esters is 1. The van der Waals surface area contributed by atoms with Gasteiger partial charge in [0.05, 0.1) is 18.2 Å². The van der Waals surface area contributed by atoms with Crippen LogP contribution in [0.2, 0.25) is 0 Å². The van der Waals surface area contributed by atoms with E-state index in [4.69, 9.17) is 0 Å². The van der Waals surface area contributed by atoms with E-state index in [0.717, 1.165) is 25.7 Å². The Kier molecular flexibility index (Phi) is 5.12. The molecular formula is C20H22F3NO2. The number of ether oxygens (including phenoxy) is 1. The number of methoxy groups -OCH3 is 1. The van der Waals surface area contributed by atoms with Crippen molar-refractivity contribution in [2.45, 2.75) is 44.8 Å². The van der Waals surface area contributed by atoms with Crippen LogP contribution in [0.25, 0.3) is 10.8 Å². The molecule has 0 unspecified atom stereocenters. The molecule has 1 N–H and O–H groups in total. The third kappa shape index (κ3) is 3.79. The average molecular weight is 365 g/mol. The largest absolute Gasteiger partial charge is 0.465 e. The van der Waals surface area contributed by atoms with Crippen LogP contribution in [0.15, 0.2) is 30.3 Å². The van der Waals surface area contributed by atoms with Gasteiger partial charge in [-0.1, -0.05) is 19.1 Å². The van der Waals surface area contributed by atoms with Crippen molar-refractivity contribution in [1.29, 1.82) is 0 Å². The second-order valence-electron chi connectivity index (χ2n) is 7.01. The first-order valence-corrected chi connectivity index (χ1v) is 8.78. The monoisotopic (exact) mass is 365 g/mol. The highest BCUT2D eigenvalue weighted by atomic mass is 19.4. The van der Waals surface area contributed by atoms with Crippen molar-refractivity contribution >= 4 is 22.4 Å². The smallest absolute Gasteiger partial charge is 0.418 e. The summed E-state index contributed by atoms with van der Waals surface area (Å²) in [6, 6.07) is 7.28. The summed E-state index contributed by atoms with van der Waals surface area (Å²) in [6.45, 7) is 2.17. The van der Waals surface area contributed by atoms with E-state index in [1.807, 2.05) is 0 Å². The number of hydrogen-bond donors (Lipinski definition) is 1. The van der Waals surface area contributed by atoms with Crippen molar-refractivity contribution in [2.75, 3.05) is 12.4 Å². The lowest BCUT2D eigenvalue weighted by molar-refractivity contribution is -0.135. The third-order valence-corrected chi connectivity index (χ3v) is 5.10. The summed E-state index contributed by atoms with van der Waals surface area (Å²) in [6.07, 6.45) is -0.698. The van der Waals surface area contributed by atoms with Gasteiger partial charge in [-0.3, -0.25) is 0 Å². The Morgan fingerprint density at radius 3 is 2.42 bits per heavy atom. The van der Waals surface area contributed by atoms with E-state index in [1.54, 1.807) is 6.07 Å². The SMILES string of the molecule is COC(=O)c1ccc2c(C(F)(F)F)c(N[C@H]3CC[C@@H](C)CC3)ccc2c1. The molecule has 0 aliphatic heterocycles. The van der Waals surface area contributed by atoms with Gasteiger partial charge >= 0.3 is 12.1 Å². The molecule has 2 aromatic rings. The van der Waals surface area contributed by atoms with E-state index in [2.05, 4.69) is 17.0 Å². The van der Waals surface area contributed by atoms with Crippen LogP contribution in [0, 0.1) is 5.92 Å². The van der Waals surface area contributed by atoms with Crippen LogP contribution >= 0.6 is 0 Å². The fourth-order valence-electron chi connectivity index (χ4n) is 3.62. The van der Waals surface area contributed by atoms with Gasteiger partial charge in [-0.15, -0.1) is 0 Å². The molecule has 1 aliphatic carbocycles. The number of nitrogens with one attached hydrogen (secondary N) is 1. The first kappa shape index (κ1) is 18.5. The zero-order valence-corrected chi connectivity index (χ0v) is 14.8. The van der Waals surface area contributed by atoms with E-state index in [9.17, 15) is 18.0 Å². The highest BCUT2D eigenvalue weighted by Gasteiger charge is 2.36. The van der Waals surface area contributed by atoms with Gasteiger partial charge in [-0.2, -0.15) is 13.2 Å². The second kappa shape index (κ2) is 7.17. The summed E-state index contributed by atoms with van der Waals surface area (Å²) >= 11 is 0. The standard InChI is InChI=1S/C20H22F3NO2/c1-12-3-7-15(8-4-12)24-17-10-6-13-11-14(19(25)26-2)5-9-16(13)18(17)20(21,22)23/h5-6,9-12,15,24H,3-4,7-8H2,1-2H3/t12-,15+. The van der Waals surface area contributed by atoms with Crippen LogP contribution in [-0.2, 0) is 10.9 Å². The van der Waals surface area contributed by atoms with Gasteiger partial charge in [0.25, 0.3) is 0 Å². The minimum absolute atomic E-state index is 0.0547. The van der Waals surface area contributed by atoms with Gasteiger partial charge in [0, 0.05) is 11.7 Å². The predicted octanol–water partition coefficient (Wildman–Crippen LogP) is 5.64. The highest BCUT2D eigenvalue weighted by Crippen LogP contribution is 2.41. The van der Waals surface area contributed by atoms with Gasteiger partial charge in [0.2, 0.25) is 0 Å². The molecule has 0 spiro atoms. The minimum atomic E-state index is -4.49. The van der Waals surface area contributed by atoms with Crippen LogP contribution in [0.3, 0.4) is 0 Å². The first-order chi connectivity index (χ1) is 12.3. The molecule has 6 heteroatoms. The molecule has 1 saturated carbocycles. The summed E-state index contributed by atoms with van der Waals surface area (Å²) in [4.78, 5) is 11.6. The Morgan fingerprint density at radius 1 is 1.12 bits per heavy atom. The van der Waals surface area contributed by atoms with Gasteiger partial charge in [-0.05, 0) is 60.6 Å². The van der Waals surface area contributed by atoms with E-state index in [0.29, 0.717) is 11.3 Å². The fraction of sp³-hybridized carbons (Fsp3) is 0.450. The van der Waals surface area contributed by atoms with E-state index in [-0.39, 0.29) is 22.7 Å². The number of halogens is 3. The zero-order chi connectivity index (χ0) is 18.9. The Labute approximate surface area is 150 Å². The molecule has 1 fully saturated rings. The quantitative estimate of drug-likeness (QED) is 0.716.